The summed E-state index contributed by atoms with van der Waals surface area (Å²) in [5.74, 6) is -0.0456. The van der Waals surface area contributed by atoms with E-state index in [1.807, 2.05) is 0 Å². The summed E-state index contributed by atoms with van der Waals surface area (Å²) in [6.45, 7) is 4.93. The van der Waals surface area contributed by atoms with Crippen molar-refractivity contribution >= 4 is 47.9 Å². The Kier molecular flexibility index (Phi) is 4.41. The molecule has 0 fully saturated rings. The zero-order chi connectivity index (χ0) is 15.8. The van der Waals surface area contributed by atoms with Gasteiger partial charge in [0.15, 0.2) is 14.2 Å². The first kappa shape index (κ1) is 16.4. The zero-order valence-electron chi connectivity index (χ0n) is 12.1. The van der Waals surface area contributed by atoms with Crippen LogP contribution < -0.4 is 5.73 Å². The van der Waals surface area contributed by atoms with Gasteiger partial charge in [-0.05, 0) is 39.0 Å². The molecule has 2 rings (SSSR count). The fraction of sp³-hybridized carbons (Fsp3) is 0.462. The summed E-state index contributed by atoms with van der Waals surface area (Å²) in [4.78, 5) is 4.28. The Morgan fingerprint density at radius 3 is 2.62 bits per heavy atom. The Labute approximate surface area is 131 Å². The molecule has 5 nitrogen and oxygen atoms in total. The maximum atomic E-state index is 12.2. The number of sulfone groups is 1. The van der Waals surface area contributed by atoms with Gasteiger partial charge in [-0.15, -0.1) is 11.3 Å². The quantitative estimate of drug-likeness (QED) is 0.857. The molecule has 2 aromatic rings. The highest BCUT2D eigenvalue weighted by Gasteiger charge is 2.29. The molecule has 1 aromatic carbocycles. The highest BCUT2D eigenvalue weighted by molar-refractivity contribution is 7.94. The van der Waals surface area contributed by atoms with Crippen molar-refractivity contribution in [1.82, 2.24) is 4.98 Å². The first-order valence-corrected chi connectivity index (χ1v) is 10.2. The third-order valence-corrected chi connectivity index (χ3v) is 8.60. The molecule has 21 heavy (non-hydrogen) atoms. The number of aromatic nitrogens is 1. The largest absolute Gasteiger partial charge is 0.399 e. The Hall–Kier alpha value is -0.990. The molecule has 0 spiro atoms. The smallest absolute Gasteiger partial charge is 0.181 e. The van der Waals surface area contributed by atoms with E-state index in [1.54, 1.807) is 39.0 Å². The van der Waals surface area contributed by atoms with Crippen molar-refractivity contribution in [2.45, 2.75) is 29.9 Å². The topological polar surface area (TPSA) is 90.1 Å². The number of thiazole rings is 1. The lowest BCUT2D eigenvalue weighted by Gasteiger charge is -2.18. The van der Waals surface area contributed by atoms with E-state index in [4.69, 9.17) is 5.73 Å². The number of anilines is 1. The van der Waals surface area contributed by atoms with E-state index in [1.165, 1.54) is 11.3 Å². The summed E-state index contributed by atoms with van der Waals surface area (Å²) in [5.41, 5.74) is 7.05. The lowest BCUT2D eigenvalue weighted by atomic mass is 10.3. The van der Waals surface area contributed by atoms with Crippen LogP contribution in [0.15, 0.2) is 22.5 Å². The number of fused-ring (bicyclic) bond motifs is 1. The molecule has 0 aliphatic rings. The molecule has 1 unspecified atom stereocenters. The van der Waals surface area contributed by atoms with E-state index in [-0.39, 0.29) is 11.5 Å². The van der Waals surface area contributed by atoms with Gasteiger partial charge in [0.1, 0.15) is 0 Å². The highest BCUT2D eigenvalue weighted by Crippen LogP contribution is 2.26. The summed E-state index contributed by atoms with van der Waals surface area (Å²) in [6, 6.07) is 5.28. The van der Waals surface area contributed by atoms with Crippen molar-refractivity contribution in [2.75, 3.05) is 17.2 Å². The predicted molar refractivity (Wildman–Crippen MR) is 88.8 cm³/mol. The Morgan fingerprint density at radius 1 is 1.33 bits per heavy atom. The maximum absolute atomic E-state index is 12.2. The molecule has 0 aliphatic heterocycles. The van der Waals surface area contributed by atoms with Crippen molar-refractivity contribution in [3.63, 3.8) is 0 Å². The van der Waals surface area contributed by atoms with Crippen LogP contribution in [0.1, 0.15) is 20.8 Å². The molecular formula is C13H18N2O3S3. The number of rotatable bonds is 4. The molecule has 0 bridgehead atoms. The van der Waals surface area contributed by atoms with E-state index in [0.717, 1.165) is 10.2 Å². The Morgan fingerprint density at radius 2 is 2.00 bits per heavy atom. The zero-order valence-corrected chi connectivity index (χ0v) is 14.6. The van der Waals surface area contributed by atoms with E-state index in [0.29, 0.717) is 10.0 Å². The van der Waals surface area contributed by atoms with Crippen LogP contribution in [0.5, 0.6) is 0 Å². The van der Waals surface area contributed by atoms with Crippen molar-refractivity contribution in [3.8, 4) is 0 Å². The maximum Gasteiger partial charge on any atom is 0.181 e. The fourth-order valence-electron chi connectivity index (χ4n) is 1.60. The lowest BCUT2D eigenvalue weighted by molar-refractivity contribution is 0.561. The molecule has 116 valence electrons. The van der Waals surface area contributed by atoms with E-state index >= 15 is 0 Å². The lowest BCUT2D eigenvalue weighted by Crippen LogP contribution is -2.32. The first-order valence-electron chi connectivity index (χ1n) is 6.37. The SMILES string of the molecule is CC(C)(C)S(=O)(=O)CCS(=O)c1nc2ccc(N)cc2s1. The van der Waals surface area contributed by atoms with Crippen LogP contribution in [-0.2, 0) is 20.6 Å². The van der Waals surface area contributed by atoms with E-state index < -0.39 is 25.4 Å². The number of hydrogen-bond donors (Lipinski definition) is 1. The minimum absolute atomic E-state index is 0.0644. The van der Waals surface area contributed by atoms with Gasteiger partial charge in [0.2, 0.25) is 0 Å². The minimum atomic E-state index is -3.27. The molecular weight excluding hydrogens is 328 g/mol. The molecule has 0 amide bonds. The summed E-state index contributed by atoms with van der Waals surface area (Å²) < 4.78 is 36.8. The van der Waals surface area contributed by atoms with Gasteiger partial charge in [-0.25, -0.2) is 13.4 Å². The molecule has 2 N–H and O–H groups in total. The van der Waals surface area contributed by atoms with Gasteiger partial charge in [-0.3, -0.25) is 4.21 Å². The van der Waals surface area contributed by atoms with Crippen LogP contribution in [0.3, 0.4) is 0 Å². The summed E-state index contributed by atoms with van der Waals surface area (Å²) in [5, 5.41) is 0. The second-order valence-electron chi connectivity index (χ2n) is 5.69. The van der Waals surface area contributed by atoms with Crippen molar-refractivity contribution < 1.29 is 12.6 Å². The number of nitrogens with zero attached hydrogens (tertiary/aromatic N) is 1. The predicted octanol–water partition coefficient (Wildman–Crippen LogP) is 2.20. The van der Waals surface area contributed by atoms with Crippen LogP contribution >= 0.6 is 11.3 Å². The van der Waals surface area contributed by atoms with Crippen LogP contribution in [0.2, 0.25) is 0 Å². The van der Waals surface area contributed by atoms with Gasteiger partial charge in [-0.2, -0.15) is 0 Å². The number of benzene rings is 1. The number of nitrogens with two attached hydrogens (primary N) is 1. The summed E-state index contributed by atoms with van der Waals surface area (Å²) in [6.07, 6.45) is 0. The monoisotopic (exact) mass is 346 g/mol. The molecule has 0 aliphatic carbocycles. The van der Waals surface area contributed by atoms with Crippen LogP contribution in [0.25, 0.3) is 10.2 Å². The van der Waals surface area contributed by atoms with Gasteiger partial charge < -0.3 is 5.73 Å². The van der Waals surface area contributed by atoms with E-state index in [9.17, 15) is 12.6 Å². The van der Waals surface area contributed by atoms with Crippen LogP contribution in [0.4, 0.5) is 5.69 Å². The van der Waals surface area contributed by atoms with Crippen molar-refractivity contribution in [1.29, 1.82) is 0 Å². The van der Waals surface area contributed by atoms with Crippen molar-refractivity contribution in [3.05, 3.63) is 18.2 Å². The molecule has 0 saturated carbocycles. The second kappa shape index (κ2) is 5.66. The molecule has 0 radical (unpaired) electrons. The third-order valence-electron chi connectivity index (χ3n) is 3.06. The molecule has 0 saturated heterocycles. The number of nitrogen functional groups attached to an aromatic ring is 1. The van der Waals surface area contributed by atoms with Crippen LogP contribution in [0, 0.1) is 0 Å². The average Bonchev–Trinajstić information content (AvgIpc) is 2.77. The third kappa shape index (κ3) is 3.61. The van der Waals surface area contributed by atoms with Gasteiger partial charge in [0.05, 0.1) is 31.5 Å². The van der Waals surface area contributed by atoms with Gasteiger partial charge >= 0.3 is 0 Å². The molecule has 1 atom stereocenters. The summed E-state index contributed by atoms with van der Waals surface area (Å²) >= 11 is 1.29. The highest BCUT2D eigenvalue weighted by atomic mass is 32.2. The Balaban J connectivity index is 2.16. The molecule has 8 heteroatoms. The Bertz CT molecular complexity index is 789. The standard InChI is InChI=1S/C13H18N2O3S3/c1-13(2,3)21(17,18)7-6-20(16)12-15-10-5-4-9(14)8-11(10)19-12/h4-5,8H,6-7,14H2,1-3H3. The molecule has 1 aromatic heterocycles. The van der Waals surface area contributed by atoms with Crippen LogP contribution in [-0.4, -0.2) is 33.9 Å². The van der Waals surface area contributed by atoms with Gasteiger partial charge in [0.25, 0.3) is 0 Å². The second-order valence-corrected chi connectivity index (χ2v) is 11.3. The average molecular weight is 346 g/mol. The van der Waals surface area contributed by atoms with Crippen molar-refractivity contribution in [2.24, 2.45) is 0 Å². The summed E-state index contributed by atoms with van der Waals surface area (Å²) in [7, 11) is -4.69. The van der Waals surface area contributed by atoms with Gasteiger partial charge in [0, 0.05) is 11.4 Å². The first-order chi connectivity index (χ1) is 9.60. The minimum Gasteiger partial charge on any atom is -0.399 e. The van der Waals surface area contributed by atoms with E-state index in [2.05, 4.69) is 4.98 Å². The fourth-order valence-corrected chi connectivity index (χ4v) is 5.70. The normalized spacial score (nSPS) is 14.4. The van der Waals surface area contributed by atoms with Gasteiger partial charge in [-0.1, -0.05) is 0 Å². The number of hydrogen-bond acceptors (Lipinski definition) is 6. The molecule has 1 heterocycles.